The molecule has 6 heteroatoms. The van der Waals surface area contributed by atoms with Gasteiger partial charge in [0.25, 0.3) is 5.91 Å². The maximum Gasteiger partial charge on any atom is 0.255 e. The van der Waals surface area contributed by atoms with Gasteiger partial charge in [-0.15, -0.1) is 0 Å². The number of phenolic OH excluding ortho intramolecular Hbond substituents is 3. The van der Waals surface area contributed by atoms with Crippen molar-refractivity contribution in [3.63, 3.8) is 0 Å². The molecular weight excluding hydrogens is 250 g/mol. The number of hydrogen-bond acceptors (Lipinski definition) is 5. The van der Waals surface area contributed by atoms with Crippen molar-refractivity contribution in [2.75, 3.05) is 6.54 Å². The molecule has 0 unspecified atom stereocenters. The summed E-state index contributed by atoms with van der Waals surface area (Å²) in [5, 5.41) is 26.1. The number of likely N-dealkylation sites (N-methyl/N-ethyl adjacent to an activating group) is 1. The lowest BCUT2D eigenvalue weighted by molar-refractivity contribution is -0.134. The van der Waals surface area contributed by atoms with E-state index in [9.17, 15) is 9.59 Å². The van der Waals surface area contributed by atoms with Crippen LogP contribution in [0.2, 0.25) is 0 Å². The third-order valence-corrected chi connectivity index (χ3v) is 2.09. The number of imide groups is 1. The number of rotatable bonds is 3. The summed E-state index contributed by atoms with van der Waals surface area (Å²) in [4.78, 5) is 22.1. The fraction of sp³-hybridized carbons (Fsp3) is 0.231. The Kier molecular flexibility index (Phi) is 6.73. The molecule has 0 atom stereocenters. The fourth-order valence-electron chi connectivity index (χ4n) is 1.03. The van der Waals surface area contributed by atoms with Gasteiger partial charge in [0, 0.05) is 12.1 Å². The lowest BCUT2D eigenvalue weighted by atomic mass is 10.3. The van der Waals surface area contributed by atoms with Crippen molar-refractivity contribution < 1.29 is 24.9 Å². The molecule has 0 aliphatic rings. The zero-order chi connectivity index (χ0) is 15.0. The van der Waals surface area contributed by atoms with Gasteiger partial charge < -0.3 is 15.3 Å². The van der Waals surface area contributed by atoms with Crippen LogP contribution in [-0.4, -0.2) is 39.1 Å². The number of hydrogen-bond donors (Lipinski definition) is 3. The van der Waals surface area contributed by atoms with Crippen molar-refractivity contribution in [2.45, 2.75) is 13.8 Å². The first-order chi connectivity index (χ1) is 8.84. The lowest BCUT2D eigenvalue weighted by Gasteiger charge is -2.11. The van der Waals surface area contributed by atoms with Gasteiger partial charge in [0.2, 0.25) is 6.41 Å². The van der Waals surface area contributed by atoms with E-state index in [2.05, 4.69) is 6.58 Å². The molecule has 0 fully saturated rings. The molecule has 6 nitrogen and oxygen atoms in total. The van der Waals surface area contributed by atoms with E-state index in [4.69, 9.17) is 15.3 Å². The summed E-state index contributed by atoms with van der Waals surface area (Å²) in [5.74, 6) is -1.40. The van der Waals surface area contributed by atoms with Crippen LogP contribution in [0.1, 0.15) is 13.8 Å². The summed E-state index contributed by atoms with van der Waals surface area (Å²) in [6.07, 6.45) is 0.511. The summed E-state index contributed by atoms with van der Waals surface area (Å²) >= 11 is 0. The number of nitrogens with zero attached hydrogens (tertiary/aromatic N) is 1. The average molecular weight is 267 g/mol. The number of carbonyl (C=O) groups excluding carboxylic acids is 2. The Hall–Kier alpha value is -2.50. The highest BCUT2D eigenvalue weighted by atomic mass is 16.3. The minimum absolute atomic E-state index is 0.308. The van der Waals surface area contributed by atoms with Gasteiger partial charge >= 0.3 is 0 Å². The van der Waals surface area contributed by atoms with Crippen LogP contribution >= 0.6 is 0 Å². The quantitative estimate of drug-likeness (QED) is 0.436. The first kappa shape index (κ1) is 16.5. The summed E-state index contributed by atoms with van der Waals surface area (Å²) in [7, 11) is 0. The lowest BCUT2D eigenvalue weighted by Crippen LogP contribution is -2.29. The van der Waals surface area contributed by atoms with E-state index < -0.39 is 5.75 Å². The van der Waals surface area contributed by atoms with Gasteiger partial charge in [0.1, 0.15) is 0 Å². The summed E-state index contributed by atoms with van der Waals surface area (Å²) in [6.45, 7) is 7.13. The first-order valence-corrected chi connectivity index (χ1v) is 5.46. The summed E-state index contributed by atoms with van der Waals surface area (Å²) < 4.78 is 0. The van der Waals surface area contributed by atoms with E-state index in [1.165, 1.54) is 18.2 Å². The molecule has 19 heavy (non-hydrogen) atoms. The smallest absolute Gasteiger partial charge is 0.255 e. The number of phenols is 3. The Morgan fingerprint density at radius 3 is 2.00 bits per heavy atom. The number of carbonyl (C=O) groups is 2. The molecule has 3 N–H and O–H groups in total. The highest BCUT2D eigenvalue weighted by Gasteiger charge is 2.09. The van der Waals surface area contributed by atoms with E-state index in [0.717, 1.165) is 4.90 Å². The van der Waals surface area contributed by atoms with Crippen molar-refractivity contribution >= 4 is 12.3 Å². The van der Waals surface area contributed by atoms with Gasteiger partial charge in [0.05, 0.1) is 0 Å². The van der Waals surface area contributed by atoms with Crippen LogP contribution in [0.3, 0.4) is 0 Å². The van der Waals surface area contributed by atoms with Crippen LogP contribution in [-0.2, 0) is 9.59 Å². The second-order valence-electron chi connectivity index (χ2n) is 3.62. The molecule has 104 valence electrons. The van der Waals surface area contributed by atoms with Crippen LogP contribution in [0.4, 0.5) is 0 Å². The first-order valence-electron chi connectivity index (χ1n) is 5.46. The van der Waals surface area contributed by atoms with Gasteiger partial charge in [-0.3, -0.25) is 14.5 Å². The summed E-state index contributed by atoms with van der Waals surface area (Å²) in [6, 6.07) is 4.01. The number of amides is 2. The molecular formula is C13H17NO5. The Morgan fingerprint density at radius 1 is 1.32 bits per heavy atom. The normalized spacial score (nSPS) is 8.95. The largest absolute Gasteiger partial charge is 0.504 e. The molecule has 1 aromatic rings. The standard InChI is InChI=1S/C7H11NO2.C6H6O3/c1-4-8(5-9)7(10)6(2)3;7-4-2-1-3-5(8)6(4)9/h5H,2,4H2,1,3H3;1-3,7-9H. The molecule has 0 bridgehead atoms. The molecule has 0 spiro atoms. The molecule has 1 rings (SSSR count). The zero-order valence-corrected chi connectivity index (χ0v) is 10.8. The molecule has 0 aromatic heterocycles. The van der Waals surface area contributed by atoms with Gasteiger partial charge in [-0.2, -0.15) is 0 Å². The third kappa shape index (κ3) is 5.12. The van der Waals surface area contributed by atoms with E-state index in [-0.39, 0.29) is 17.4 Å². The van der Waals surface area contributed by atoms with Crippen LogP contribution in [0.15, 0.2) is 30.4 Å². The minimum Gasteiger partial charge on any atom is -0.504 e. The molecule has 0 saturated carbocycles. The van der Waals surface area contributed by atoms with Gasteiger partial charge in [-0.05, 0) is 26.0 Å². The maximum absolute atomic E-state index is 10.9. The number of aromatic hydroxyl groups is 3. The second kappa shape index (κ2) is 7.75. The highest BCUT2D eigenvalue weighted by Crippen LogP contribution is 2.32. The Morgan fingerprint density at radius 2 is 1.79 bits per heavy atom. The molecule has 0 heterocycles. The monoisotopic (exact) mass is 267 g/mol. The average Bonchev–Trinajstić information content (AvgIpc) is 2.38. The van der Waals surface area contributed by atoms with Gasteiger partial charge in [-0.1, -0.05) is 12.6 Å². The van der Waals surface area contributed by atoms with Crippen LogP contribution in [0, 0.1) is 0 Å². The Balaban J connectivity index is 0.000000342. The topological polar surface area (TPSA) is 98.1 Å². The molecule has 0 aliphatic carbocycles. The van der Waals surface area contributed by atoms with E-state index >= 15 is 0 Å². The maximum atomic E-state index is 10.9. The van der Waals surface area contributed by atoms with Gasteiger partial charge in [0.15, 0.2) is 17.2 Å². The third-order valence-electron chi connectivity index (χ3n) is 2.09. The van der Waals surface area contributed by atoms with Crippen molar-refractivity contribution in [3.05, 3.63) is 30.4 Å². The van der Waals surface area contributed by atoms with Crippen molar-refractivity contribution in [2.24, 2.45) is 0 Å². The minimum atomic E-state index is -0.475. The summed E-state index contributed by atoms with van der Waals surface area (Å²) in [5.41, 5.74) is 0.383. The number of para-hydroxylation sites is 1. The van der Waals surface area contributed by atoms with Gasteiger partial charge in [-0.25, -0.2) is 0 Å². The van der Waals surface area contributed by atoms with Crippen molar-refractivity contribution in [3.8, 4) is 17.2 Å². The SMILES string of the molecule is C=C(C)C(=O)N(C=O)CC.Oc1cccc(O)c1O. The highest BCUT2D eigenvalue weighted by molar-refractivity contribution is 5.98. The molecule has 0 saturated heterocycles. The molecule has 1 aromatic carbocycles. The molecule has 2 amide bonds. The van der Waals surface area contributed by atoms with E-state index in [1.54, 1.807) is 13.8 Å². The Bertz CT molecular complexity index is 450. The molecule has 0 aliphatic heterocycles. The van der Waals surface area contributed by atoms with E-state index in [1.807, 2.05) is 0 Å². The number of benzene rings is 1. The van der Waals surface area contributed by atoms with Crippen molar-refractivity contribution in [1.82, 2.24) is 4.90 Å². The zero-order valence-electron chi connectivity index (χ0n) is 10.8. The predicted molar refractivity (Wildman–Crippen MR) is 69.7 cm³/mol. The predicted octanol–water partition coefficient (Wildman–Crippen LogP) is 1.37. The van der Waals surface area contributed by atoms with Crippen LogP contribution in [0.5, 0.6) is 17.2 Å². The van der Waals surface area contributed by atoms with E-state index in [0.29, 0.717) is 18.5 Å². The van der Waals surface area contributed by atoms with Crippen LogP contribution < -0.4 is 0 Å². The van der Waals surface area contributed by atoms with Crippen molar-refractivity contribution in [1.29, 1.82) is 0 Å². The second-order valence-corrected chi connectivity index (χ2v) is 3.62. The Labute approximate surface area is 111 Å². The fourth-order valence-corrected chi connectivity index (χ4v) is 1.03. The van der Waals surface area contributed by atoms with Crippen LogP contribution in [0.25, 0.3) is 0 Å². The molecule has 0 radical (unpaired) electrons.